The Morgan fingerprint density at radius 2 is 1.60 bits per heavy atom. The Kier molecular flexibility index (Phi) is 6.08. The number of fused-ring (bicyclic) bond motifs is 7. The Morgan fingerprint density at radius 1 is 0.775 bits per heavy atom. The molecule has 0 fully saturated rings. The van der Waals surface area contributed by atoms with E-state index in [1.165, 1.54) is 11.1 Å². The number of hydrogen-bond acceptors (Lipinski definition) is 4. The molecule has 0 saturated heterocycles. The molecule has 0 spiro atoms. The summed E-state index contributed by atoms with van der Waals surface area (Å²) in [6, 6.07) is 36.8. The monoisotopic (exact) mass is 609 g/mol. The van der Waals surface area contributed by atoms with Gasteiger partial charge in [0.1, 0.15) is 17.5 Å². The van der Waals surface area contributed by atoms with Crippen LogP contribution >= 0.6 is 0 Å². The first-order valence-electron chi connectivity index (χ1n) is 12.9. The predicted molar refractivity (Wildman–Crippen MR) is 150 cm³/mol. The van der Waals surface area contributed by atoms with E-state index in [9.17, 15) is 0 Å². The maximum atomic E-state index is 6.31. The summed E-state index contributed by atoms with van der Waals surface area (Å²) in [5, 5.41) is 1.11. The van der Waals surface area contributed by atoms with Gasteiger partial charge in [-0.25, -0.2) is 4.98 Å². The van der Waals surface area contributed by atoms with E-state index in [4.69, 9.17) is 14.5 Å². The molecule has 40 heavy (non-hydrogen) atoms. The van der Waals surface area contributed by atoms with Crippen molar-refractivity contribution in [2.75, 3.05) is 0 Å². The first-order chi connectivity index (χ1) is 19.3. The number of hydrogen-bond donors (Lipinski definition) is 0. The van der Waals surface area contributed by atoms with Crippen LogP contribution in [0.5, 0.6) is 17.2 Å². The molecule has 0 saturated carbocycles. The van der Waals surface area contributed by atoms with Gasteiger partial charge >= 0.3 is 20.4 Å². The first kappa shape index (κ1) is 24.5. The van der Waals surface area contributed by atoms with Crippen LogP contribution in [0.3, 0.4) is 0 Å². The predicted octanol–water partition coefficient (Wildman–Crippen LogP) is 7.40. The summed E-state index contributed by atoms with van der Waals surface area (Å²) in [5.41, 5.74) is 6.98. The van der Waals surface area contributed by atoms with Crippen molar-refractivity contribution in [1.82, 2.24) is 14.5 Å². The molecule has 3 aromatic heterocycles. The average molecular weight is 610 g/mol. The van der Waals surface area contributed by atoms with Gasteiger partial charge in [0.25, 0.3) is 0 Å². The molecular formula is C34H21N3O2Pd. The van der Waals surface area contributed by atoms with E-state index in [-0.39, 0.29) is 32.4 Å². The SMILES string of the molecule is [Pd+2].[c-]1c(Oc2[c-]c(-n3c4c(c5cccnc53)C3c5ccccc5OC3C=C4)ccc2)cccc1-c1ccccn1. The molecule has 8 rings (SSSR count). The summed E-state index contributed by atoms with van der Waals surface area (Å²) >= 11 is 0. The maximum absolute atomic E-state index is 6.31. The van der Waals surface area contributed by atoms with Gasteiger partial charge in [0.2, 0.25) is 0 Å². The fraction of sp³-hybridized carbons (Fsp3) is 0.0588. The van der Waals surface area contributed by atoms with E-state index in [1.807, 2.05) is 79.0 Å². The van der Waals surface area contributed by atoms with Crippen molar-refractivity contribution in [3.63, 3.8) is 0 Å². The number of aromatic nitrogens is 3. The van der Waals surface area contributed by atoms with Gasteiger partial charge in [-0.15, -0.1) is 42.0 Å². The zero-order valence-corrected chi connectivity index (χ0v) is 22.7. The van der Waals surface area contributed by atoms with Crippen molar-refractivity contribution in [2.45, 2.75) is 12.0 Å². The Balaban J connectivity index is 0.00000264. The van der Waals surface area contributed by atoms with Crippen LogP contribution in [0.4, 0.5) is 0 Å². The molecule has 6 heteroatoms. The molecule has 0 amide bonds. The van der Waals surface area contributed by atoms with Crippen LogP contribution in [0.2, 0.25) is 0 Å². The summed E-state index contributed by atoms with van der Waals surface area (Å²) in [6.07, 6.45) is 7.88. The second kappa shape index (κ2) is 9.91. The van der Waals surface area contributed by atoms with Crippen LogP contribution < -0.4 is 9.47 Å². The summed E-state index contributed by atoms with van der Waals surface area (Å²) in [4.78, 5) is 9.24. The summed E-state index contributed by atoms with van der Waals surface area (Å²) in [7, 11) is 0. The third-order valence-electron chi connectivity index (χ3n) is 7.33. The molecule has 194 valence electrons. The van der Waals surface area contributed by atoms with E-state index in [0.29, 0.717) is 11.5 Å². The minimum absolute atomic E-state index is 0. The van der Waals surface area contributed by atoms with Crippen LogP contribution in [0.1, 0.15) is 22.7 Å². The fourth-order valence-corrected chi connectivity index (χ4v) is 5.71. The molecule has 3 aromatic carbocycles. The van der Waals surface area contributed by atoms with E-state index in [2.05, 4.69) is 52.0 Å². The maximum Gasteiger partial charge on any atom is 2.00 e. The van der Waals surface area contributed by atoms with Crippen LogP contribution in [0, 0.1) is 12.1 Å². The van der Waals surface area contributed by atoms with Crippen molar-refractivity contribution >= 4 is 17.1 Å². The molecule has 4 heterocycles. The van der Waals surface area contributed by atoms with Crippen LogP contribution in [0.25, 0.3) is 34.1 Å². The van der Waals surface area contributed by atoms with Crippen molar-refractivity contribution < 1.29 is 29.9 Å². The molecule has 2 aliphatic rings. The number of pyridine rings is 2. The number of ether oxygens (including phenoxy) is 2. The number of nitrogens with zero attached hydrogens (tertiary/aromatic N) is 3. The van der Waals surface area contributed by atoms with E-state index < -0.39 is 0 Å². The zero-order chi connectivity index (χ0) is 25.8. The van der Waals surface area contributed by atoms with Gasteiger partial charge < -0.3 is 19.0 Å². The van der Waals surface area contributed by atoms with Gasteiger partial charge in [-0.05, 0) is 47.7 Å². The third kappa shape index (κ3) is 3.96. The summed E-state index contributed by atoms with van der Waals surface area (Å²) in [6.45, 7) is 0. The minimum atomic E-state index is -0.0327. The second-order valence-corrected chi connectivity index (χ2v) is 9.61. The second-order valence-electron chi connectivity index (χ2n) is 9.61. The number of benzene rings is 3. The molecule has 1 aliphatic heterocycles. The van der Waals surface area contributed by atoms with Gasteiger partial charge in [0.15, 0.2) is 0 Å². The van der Waals surface area contributed by atoms with Gasteiger partial charge in [-0.1, -0.05) is 42.1 Å². The third-order valence-corrected chi connectivity index (χ3v) is 7.33. The van der Waals surface area contributed by atoms with Gasteiger partial charge in [0, 0.05) is 40.5 Å². The van der Waals surface area contributed by atoms with Gasteiger partial charge in [-0.2, -0.15) is 6.07 Å². The van der Waals surface area contributed by atoms with Crippen molar-refractivity contribution in [3.05, 3.63) is 138 Å². The Morgan fingerprint density at radius 3 is 2.50 bits per heavy atom. The summed E-state index contributed by atoms with van der Waals surface area (Å²) in [5.74, 6) is 2.26. The normalized spacial score (nSPS) is 16.4. The van der Waals surface area contributed by atoms with Crippen LogP contribution in [-0.4, -0.2) is 20.6 Å². The Labute approximate surface area is 245 Å². The smallest absolute Gasteiger partial charge is 0.503 e. The fourth-order valence-electron chi connectivity index (χ4n) is 5.71. The van der Waals surface area contributed by atoms with Gasteiger partial charge in [0.05, 0.1) is 5.92 Å². The van der Waals surface area contributed by atoms with Crippen molar-refractivity contribution in [1.29, 1.82) is 0 Å². The molecule has 6 aromatic rings. The molecule has 0 bridgehead atoms. The quantitative estimate of drug-likeness (QED) is 0.154. The van der Waals surface area contributed by atoms with Crippen molar-refractivity contribution in [2.24, 2.45) is 0 Å². The van der Waals surface area contributed by atoms with E-state index in [0.717, 1.165) is 39.4 Å². The molecule has 2 atom stereocenters. The Bertz CT molecular complexity index is 1900. The number of rotatable bonds is 4. The van der Waals surface area contributed by atoms with E-state index >= 15 is 0 Å². The standard InChI is InChI=1S/C34H21N3O2.Pd/c1-2-15-30-26(12-1)33-31(39-30)17-16-29-32(33)27-13-7-19-36-34(27)37(29)23-9-6-11-25(21-23)38-24-10-5-8-22(20-24)28-14-3-4-18-35-28;/h1-19,31,33H;/q-2;+2. The molecule has 5 nitrogen and oxygen atoms in total. The molecule has 2 unspecified atom stereocenters. The topological polar surface area (TPSA) is 49.2 Å². The van der Waals surface area contributed by atoms with Crippen molar-refractivity contribution in [3.8, 4) is 34.2 Å². The average Bonchev–Trinajstić information content (AvgIpc) is 3.53. The first-order valence-corrected chi connectivity index (χ1v) is 12.9. The van der Waals surface area contributed by atoms with Crippen LogP contribution in [0.15, 0.2) is 109 Å². The molecule has 0 N–H and O–H groups in total. The summed E-state index contributed by atoms with van der Waals surface area (Å²) < 4.78 is 14.7. The van der Waals surface area contributed by atoms with Gasteiger partial charge in [-0.3, -0.25) is 0 Å². The number of para-hydroxylation sites is 1. The van der Waals surface area contributed by atoms with E-state index in [1.54, 1.807) is 6.20 Å². The van der Waals surface area contributed by atoms with Crippen LogP contribution in [-0.2, 0) is 20.4 Å². The largest absolute Gasteiger partial charge is 2.00 e. The molecule has 0 radical (unpaired) electrons. The Hall–Kier alpha value is -4.50. The zero-order valence-electron chi connectivity index (χ0n) is 21.1. The molecular weight excluding hydrogens is 589 g/mol. The minimum Gasteiger partial charge on any atom is -0.503 e. The molecule has 1 aliphatic carbocycles.